The van der Waals surface area contributed by atoms with E-state index >= 15 is 0 Å². The molecule has 1 N–H and O–H groups in total. The zero-order valence-corrected chi connectivity index (χ0v) is 14.0. The van der Waals surface area contributed by atoms with Gasteiger partial charge in [0.1, 0.15) is 0 Å². The molecule has 2 rings (SSSR count). The van der Waals surface area contributed by atoms with Gasteiger partial charge in [-0.3, -0.25) is 0 Å². The molecule has 1 unspecified atom stereocenters. The highest BCUT2D eigenvalue weighted by Gasteiger charge is 2.22. The van der Waals surface area contributed by atoms with Crippen LogP contribution in [0.15, 0.2) is 28.7 Å². The minimum atomic E-state index is 0.602. The summed E-state index contributed by atoms with van der Waals surface area (Å²) in [4.78, 5) is 0. The lowest BCUT2D eigenvalue weighted by molar-refractivity contribution is 0.198. The summed E-state index contributed by atoms with van der Waals surface area (Å²) in [5.41, 5.74) is 1.45. The van der Waals surface area contributed by atoms with Gasteiger partial charge in [0.2, 0.25) is 0 Å². The second kappa shape index (κ2) is 8.81. The molecule has 1 aliphatic carbocycles. The van der Waals surface area contributed by atoms with Crippen LogP contribution in [0.5, 0.6) is 0 Å². The molecule has 1 saturated carbocycles. The van der Waals surface area contributed by atoms with Gasteiger partial charge in [-0.05, 0) is 29.9 Å². The zero-order chi connectivity index (χ0) is 14.2. The number of benzene rings is 1. The molecular formula is C17H26BrNO. The van der Waals surface area contributed by atoms with Gasteiger partial charge in [-0.25, -0.2) is 0 Å². The molecule has 1 fully saturated rings. The van der Waals surface area contributed by atoms with Crippen molar-refractivity contribution in [1.82, 2.24) is 5.32 Å². The summed E-state index contributed by atoms with van der Waals surface area (Å²) in [5.74, 6) is 1.52. The van der Waals surface area contributed by atoms with Crippen LogP contribution in [-0.4, -0.2) is 26.8 Å². The summed E-state index contributed by atoms with van der Waals surface area (Å²) in [5, 5.41) is 3.54. The van der Waals surface area contributed by atoms with E-state index in [9.17, 15) is 0 Å². The maximum atomic E-state index is 5.11. The van der Waals surface area contributed by atoms with Gasteiger partial charge in [0.05, 0.1) is 6.61 Å². The van der Waals surface area contributed by atoms with Crippen LogP contribution in [-0.2, 0) is 4.74 Å². The molecule has 2 nitrogen and oxygen atoms in total. The molecule has 1 atom stereocenters. The topological polar surface area (TPSA) is 21.3 Å². The number of methoxy groups -OCH3 is 1. The first-order chi connectivity index (χ1) is 9.81. The molecule has 20 heavy (non-hydrogen) atoms. The third-order valence-corrected chi connectivity index (χ3v) is 5.03. The quantitative estimate of drug-likeness (QED) is 0.711. The molecule has 0 radical (unpaired) electrons. The maximum Gasteiger partial charge on any atom is 0.0587 e. The number of ether oxygens (including phenoxy) is 1. The zero-order valence-electron chi connectivity index (χ0n) is 12.4. The maximum absolute atomic E-state index is 5.11. The predicted octanol–water partition coefficient (Wildman–Crippen LogP) is 4.35. The lowest BCUT2D eigenvalue weighted by Gasteiger charge is -2.22. The van der Waals surface area contributed by atoms with Crippen molar-refractivity contribution in [3.05, 3.63) is 34.3 Å². The summed E-state index contributed by atoms with van der Waals surface area (Å²) >= 11 is 3.72. The monoisotopic (exact) mass is 339 g/mol. The van der Waals surface area contributed by atoms with Gasteiger partial charge in [-0.15, -0.1) is 0 Å². The summed E-state index contributed by atoms with van der Waals surface area (Å²) in [6.07, 6.45) is 6.98. The van der Waals surface area contributed by atoms with Crippen molar-refractivity contribution in [3.8, 4) is 0 Å². The van der Waals surface area contributed by atoms with Gasteiger partial charge in [-0.2, -0.15) is 0 Å². The Labute approximate surface area is 131 Å². The third-order valence-electron chi connectivity index (χ3n) is 4.31. The summed E-state index contributed by atoms with van der Waals surface area (Å²) in [6, 6.07) is 8.67. The lowest BCUT2D eigenvalue weighted by atomic mass is 9.88. The van der Waals surface area contributed by atoms with Crippen LogP contribution >= 0.6 is 15.9 Å². The van der Waals surface area contributed by atoms with Crippen molar-refractivity contribution < 1.29 is 4.74 Å². The molecule has 1 aromatic rings. The molecule has 0 amide bonds. The summed E-state index contributed by atoms with van der Waals surface area (Å²) < 4.78 is 6.36. The molecule has 112 valence electrons. The molecule has 0 aliphatic heterocycles. The van der Waals surface area contributed by atoms with Gasteiger partial charge in [0.25, 0.3) is 0 Å². The largest absolute Gasteiger partial charge is 0.383 e. The van der Waals surface area contributed by atoms with E-state index in [1.165, 1.54) is 42.1 Å². The number of nitrogens with one attached hydrogen (secondary N) is 1. The Balaban J connectivity index is 1.97. The van der Waals surface area contributed by atoms with Gasteiger partial charge < -0.3 is 10.1 Å². The van der Waals surface area contributed by atoms with Crippen LogP contribution in [0.4, 0.5) is 0 Å². The SMILES string of the molecule is COCCNCC(CC1CCCC1)c1ccccc1Br. The Morgan fingerprint density at radius 3 is 2.75 bits per heavy atom. The van der Waals surface area contributed by atoms with Crippen LogP contribution < -0.4 is 5.32 Å². The van der Waals surface area contributed by atoms with E-state index in [0.717, 1.165) is 25.6 Å². The Kier molecular flexibility index (Phi) is 7.05. The van der Waals surface area contributed by atoms with Gasteiger partial charge >= 0.3 is 0 Å². The Bertz CT molecular complexity index is 390. The normalized spacial score (nSPS) is 17.5. The Hall–Kier alpha value is -0.380. The van der Waals surface area contributed by atoms with E-state index < -0.39 is 0 Å². The molecule has 3 heteroatoms. The fraction of sp³-hybridized carbons (Fsp3) is 0.647. The highest BCUT2D eigenvalue weighted by molar-refractivity contribution is 9.10. The van der Waals surface area contributed by atoms with Crippen molar-refractivity contribution >= 4 is 15.9 Å². The molecule has 0 aromatic heterocycles. The molecule has 1 aromatic carbocycles. The van der Waals surface area contributed by atoms with E-state index in [2.05, 4.69) is 45.5 Å². The van der Waals surface area contributed by atoms with Gasteiger partial charge in [0.15, 0.2) is 0 Å². The van der Waals surface area contributed by atoms with Crippen LogP contribution in [0.25, 0.3) is 0 Å². The molecular weight excluding hydrogens is 314 g/mol. The van der Waals surface area contributed by atoms with Crippen molar-refractivity contribution in [1.29, 1.82) is 0 Å². The fourth-order valence-corrected chi connectivity index (χ4v) is 3.83. The van der Waals surface area contributed by atoms with Crippen LogP contribution in [0.1, 0.15) is 43.6 Å². The second-order valence-electron chi connectivity index (χ2n) is 5.80. The first kappa shape index (κ1) is 16.0. The number of halogens is 1. The first-order valence-corrected chi connectivity index (χ1v) is 8.54. The lowest BCUT2D eigenvalue weighted by Crippen LogP contribution is -2.26. The fourth-order valence-electron chi connectivity index (χ4n) is 3.23. The molecule has 0 bridgehead atoms. The third kappa shape index (κ3) is 4.87. The highest BCUT2D eigenvalue weighted by atomic mass is 79.9. The van der Waals surface area contributed by atoms with Crippen molar-refractivity contribution in [2.45, 2.75) is 38.0 Å². The van der Waals surface area contributed by atoms with E-state index in [0.29, 0.717) is 5.92 Å². The number of rotatable bonds is 8. The number of hydrogen-bond acceptors (Lipinski definition) is 2. The highest BCUT2D eigenvalue weighted by Crippen LogP contribution is 2.36. The molecule has 1 aliphatic rings. The average molecular weight is 340 g/mol. The van der Waals surface area contributed by atoms with Crippen molar-refractivity contribution in [3.63, 3.8) is 0 Å². The van der Waals surface area contributed by atoms with Gasteiger partial charge in [-0.1, -0.05) is 59.8 Å². The minimum Gasteiger partial charge on any atom is -0.383 e. The van der Waals surface area contributed by atoms with E-state index in [-0.39, 0.29) is 0 Å². The van der Waals surface area contributed by atoms with Crippen LogP contribution in [0.3, 0.4) is 0 Å². The molecule has 0 heterocycles. The van der Waals surface area contributed by atoms with E-state index in [1.54, 1.807) is 7.11 Å². The van der Waals surface area contributed by atoms with Crippen molar-refractivity contribution in [2.24, 2.45) is 5.92 Å². The summed E-state index contributed by atoms with van der Waals surface area (Å²) in [7, 11) is 1.76. The predicted molar refractivity (Wildman–Crippen MR) is 88.2 cm³/mol. The smallest absolute Gasteiger partial charge is 0.0587 e. The molecule has 0 saturated heterocycles. The van der Waals surface area contributed by atoms with E-state index in [1.807, 2.05) is 0 Å². The second-order valence-corrected chi connectivity index (χ2v) is 6.66. The Morgan fingerprint density at radius 1 is 1.30 bits per heavy atom. The first-order valence-electron chi connectivity index (χ1n) is 7.75. The van der Waals surface area contributed by atoms with Crippen molar-refractivity contribution in [2.75, 3.05) is 26.8 Å². The van der Waals surface area contributed by atoms with Gasteiger partial charge in [0, 0.05) is 24.7 Å². The molecule has 0 spiro atoms. The van der Waals surface area contributed by atoms with Crippen LogP contribution in [0, 0.1) is 5.92 Å². The van der Waals surface area contributed by atoms with E-state index in [4.69, 9.17) is 4.74 Å². The standard InChI is InChI=1S/C17H26BrNO/c1-20-11-10-19-13-15(12-14-6-2-3-7-14)16-8-4-5-9-17(16)18/h4-5,8-9,14-15,19H,2-3,6-7,10-13H2,1H3. The summed E-state index contributed by atoms with van der Waals surface area (Å²) in [6.45, 7) is 2.76. The van der Waals surface area contributed by atoms with Crippen LogP contribution in [0.2, 0.25) is 0 Å². The minimum absolute atomic E-state index is 0.602. The number of hydrogen-bond donors (Lipinski definition) is 1. The average Bonchev–Trinajstić information content (AvgIpc) is 2.96. The Morgan fingerprint density at radius 2 is 2.05 bits per heavy atom.